The number of methoxy groups -OCH3 is 1. The Morgan fingerprint density at radius 1 is 1.00 bits per heavy atom. The second-order valence-electron chi connectivity index (χ2n) is 9.15. The summed E-state index contributed by atoms with van der Waals surface area (Å²) in [5, 5.41) is 9.75. The summed E-state index contributed by atoms with van der Waals surface area (Å²) in [6.07, 6.45) is 1.64. The molecule has 30 heavy (non-hydrogen) atoms. The molecule has 6 heteroatoms. The monoisotopic (exact) mass is 403 g/mol. The van der Waals surface area contributed by atoms with E-state index in [0.717, 1.165) is 35.0 Å². The van der Waals surface area contributed by atoms with Crippen molar-refractivity contribution in [3.63, 3.8) is 0 Å². The highest BCUT2D eigenvalue weighted by Crippen LogP contribution is 2.49. The average molecular weight is 403 g/mol. The normalized spacial score (nSPS) is 20.5. The van der Waals surface area contributed by atoms with E-state index in [2.05, 4.69) is 6.07 Å². The van der Waals surface area contributed by atoms with Crippen LogP contribution in [0.4, 0.5) is 0 Å². The topological polar surface area (TPSA) is 68.6 Å². The number of esters is 1. The van der Waals surface area contributed by atoms with Crippen molar-refractivity contribution in [2.24, 2.45) is 0 Å². The van der Waals surface area contributed by atoms with E-state index in [1.165, 1.54) is 7.11 Å². The summed E-state index contributed by atoms with van der Waals surface area (Å²) in [5.74, 6) is -0.172. The second-order valence-corrected chi connectivity index (χ2v) is 9.15. The number of nitriles is 1. The van der Waals surface area contributed by atoms with E-state index < -0.39 is 23.7 Å². The largest absolute Gasteiger partial charge is 0.496 e. The molecule has 2 fully saturated rings. The Morgan fingerprint density at radius 2 is 1.57 bits per heavy atom. The lowest BCUT2D eigenvalue weighted by Crippen LogP contribution is -2.41. The molecule has 0 unspecified atom stereocenters. The molecule has 0 radical (unpaired) electrons. The summed E-state index contributed by atoms with van der Waals surface area (Å²) in [6, 6.07) is 16.0. The smallest absolute Gasteiger partial charge is 0.468 e. The first-order valence-corrected chi connectivity index (χ1v) is 10.2. The molecule has 2 aromatic rings. The maximum atomic E-state index is 12.1. The lowest BCUT2D eigenvalue weighted by atomic mass is 9.75. The molecule has 1 aliphatic heterocycles. The van der Waals surface area contributed by atoms with Crippen LogP contribution in [0.1, 0.15) is 51.7 Å². The molecule has 0 bridgehead atoms. The van der Waals surface area contributed by atoms with Crippen molar-refractivity contribution in [3.8, 4) is 17.2 Å². The number of carbonyl (C=O) groups is 1. The number of ether oxygens (including phenoxy) is 1. The molecule has 2 aromatic carbocycles. The Bertz CT molecular complexity index is 1020. The van der Waals surface area contributed by atoms with Crippen LogP contribution in [0.2, 0.25) is 0 Å². The fraction of sp³-hybridized carbons (Fsp3) is 0.417. The van der Waals surface area contributed by atoms with Gasteiger partial charge in [-0.15, -0.1) is 0 Å². The van der Waals surface area contributed by atoms with Crippen LogP contribution >= 0.6 is 0 Å². The molecular weight excluding hydrogens is 377 g/mol. The summed E-state index contributed by atoms with van der Waals surface area (Å²) in [6.45, 7) is 7.98. The molecule has 154 valence electrons. The molecule has 0 aromatic heterocycles. The van der Waals surface area contributed by atoms with Crippen molar-refractivity contribution < 1.29 is 18.8 Å². The van der Waals surface area contributed by atoms with E-state index >= 15 is 0 Å². The van der Waals surface area contributed by atoms with Crippen molar-refractivity contribution in [1.82, 2.24) is 0 Å². The van der Waals surface area contributed by atoms with E-state index in [1.54, 1.807) is 0 Å². The van der Waals surface area contributed by atoms with Gasteiger partial charge in [-0.05, 0) is 63.3 Å². The molecule has 1 saturated heterocycles. The highest BCUT2D eigenvalue weighted by Gasteiger charge is 2.53. The third-order valence-corrected chi connectivity index (χ3v) is 6.78. The van der Waals surface area contributed by atoms with Crippen LogP contribution in [0.3, 0.4) is 0 Å². The minimum absolute atomic E-state index is 0.172. The van der Waals surface area contributed by atoms with Gasteiger partial charge in [-0.25, -0.2) is 0 Å². The summed E-state index contributed by atoms with van der Waals surface area (Å²) in [5.41, 5.74) is 2.76. The lowest BCUT2D eigenvalue weighted by molar-refractivity contribution is -0.143. The first kappa shape index (κ1) is 20.6. The zero-order chi connectivity index (χ0) is 21.7. The molecule has 1 heterocycles. The van der Waals surface area contributed by atoms with Gasteiger partial charge in [0.05, 0.1) is 35.4 Å². The van der Waals surface area contributed by atoms with Gasteiger partial charge >= 0.3 is 13.1 Å². The molecule has 0 amide bonds. The van der Waals surface area contributed by atoms with E-state index in [0.29, 0.717) is 5.56 Å². The number of carbonyl (C=O) groups excluding carboxylic acids is 1. The van der Waals surface area contributed by atoms with Gasteiger partial charge in [0.15, 0.2) is 0 Å². The molecular formula is C24H26BNO4. The van der Waals surface area contributed by atoms with Gasteiger partial charge in [0.2, 0.25) is 0 Å². The van der Waals surface area contributed by atoms with Crippen molar-refractivity contribution in [2.45, 2.75) is 57.2 Å². The van der Waals surface area contributed by atoms with Gasteiger partial charge in [0.25, 0.3) is 0 Å². The van der Waals surface area contributed by atoms with Crippen LogP contribution in [0.5, 0.6) is 0 Å². The number of benzene rings is 2. The fourth-order valence-corrected chi connectivity index (χ4v) is 3.92. The summed E-state index contributed by atoms with van der Waals surface area (Å²) in [7, 11) is 0.859. The Kier molecular flexibility index (Phi) is 4.80. The third kappa shape index (κ3) is 3.23. The predicted molar refractivity (Wildman–Crippen MR) is 115 cm³/mol. The maximum absolute atomic E-state index is 12.1. The van der Waals surface area contributed by atoms with E-state index in [1.807, 2.05) is 70.2 Å². The Labute approximate surface area is 178 Å². The quantitative estimate of drug-likeness (QED) is 0.575. The van der Waals surface area contributed by atoms with Crippen LogP contribution in [0.25, 0.3) is 11.1 Å². The Morgan fingerprint density at radius 3 is 2.07 bits per heavy atom. The highest BCUT2D eigenvalue weighted by molar-refractivity contribution is 6.62. The molecule has 1 saturated carbocycles. The van der Waals surface area contributed by atoms with Crippen molar-refractivity contribution in [3.05, 3.63) is 53.6 Å². The second kappa shape index (κ2) is 6.97. The van der Waals surface area contributed by atoms with Crippen LogP contribution in [0, 0.1) is 11.3 Å². The first-order chi connectivity index (χ1) is 14.1. The van der Waals surface area contributed by atoms with E-state index in [-0.39, 0.29) is 5.97 Å². The van der Waals surface area contributed by atoms with Crippen LogP contribution < -0.4 is 5.46 Å². The standard InChI is InChI=1S/C24H26BNO4/c1-22(2)23(3,4)30-25(29-22)20-11-8-17(14-18(20)15-26)16-6-9-19(10-7-16)24(12-13-24)21(27)28-5/h6-11,14H,12-13H2,1-5H3. The molecule has 5 nitrogen and oxygen atoms in total. The molecule has 0 spiro atoms. The fourth-order valence-electron chi connectivity index (χ4n) is 3.92. The lowest BCUT2D eigenvalue weighted by Gasteiger charge is -2.32. The van der Waals surface area contributed by atoms with Crippen LogP contribution in [0.15, 0.2) is 42.5 Å². The molecule has 1 aliphatic carbocycles. The van der Waals surface area contributed by atoms with Gasteiger partial charge in [-0.1, -0.05) is 36.4 Å². The molecule has 4 rings (SSSR count). The number of nitrogens with zero attached hydrogens (tertiary/aromatic N) is 1. The Balaban J connectivity index is 1.61. The number of hydrogen-bond donors (Lipinski definition) is 0. The SMILES string of the molecule is COC(=O)C1(c2ccc(-c3ccc(B4OC(C)(C)C(C)(C)O4)c(C#N)c3)cc2)CC1. The van der Waals surface area contributed by atoms with Gasteiger partial charge in [-0.2, -0.15) is 5.26 Å². The van der Waals surface area contributed by atoms with Crippen LogP contribution in [-0.2, 0) is 24.3 Å². The summed E-state index contributed by atoms with van der Waals surface area (Å²) in [4.78, 5) is 12.1. The molecule has 0 N–H and O–H groups in total. The van der Waals surface area contributed by atoms with Gasteiger partial charge in [0.1, 0.15) is 0 Å². The maximum Gasteiger partial charge on any atom is 0.496 e. The van der Waals surface area contributed by atoms with Crippen molar-refractivity contribution >= 4 is 18.6 Å². The highest BCUT2D eigenvalue weighted by atomic mass is 16.7. The number of hydrogen-bond acceptors (Lipinski definition) is 5. The first-order valence-electron chi connectivity index (χ1n) is 10.2. The zero-order valence-corrected chi connectivity index (χ0v) is 18.1. The molecule has 2 aliphatic rings. The van der Waals surface area contributed by atoms with Gasteiger partial charge in [-0.3, -0.25) is 4.79 Å². The minimum atomic E-state index is -0.573. The van der Waals surface area contributed by atoms with Crippen LogP contribution in [-0.4, -0.2) is 31.4 Å². The summed E-state index contributed by atoms with van der Waals surface area (Å²) < 4.78 is 17.2. The summed E-state index contributed by atoms with van der Waals surface area (Å²) >= 11 is 0. The number of rotatable bonds is 4. The van der Waals surface area contributed by atoms with Gasteiger partial charge in [0, 0.05) is 5.46 Å². The third-order valence-electron chi connectivity index (χ3n) is 6.78. The van der Waals surface area contributed by atoms with Crippen molar-refractivity contribution in [2.75, 3.05) is 7.11 Å². The van der Waals surface area contributed by atoms with E-state index in [4.69, 9.17) is 14.0 Å². The van der Waals surface area contributed by atoms with Gasteiger partial charge < -0.3 is 14.0 Å². The van der Waals surface area contributed by atoms with Crippen molar-refractivity contribution in [1.29, 1.82) is 5.26 Å². The Hall–Kier alpha value is -2.62. The minimum Gasteiger partial charge on any atom is -0.468 e. The molecule has 0 atom stereocenters. The zero-order valence-electron chi connectivity index (χ0n) is 18.1. The predicted octanol–water partition coefficient (Wildman–Crippen LogP) is 3.73. The average Bonchev–Trinajstić information content (AvgIpc) is 3.50. The van der Waals surface area contributed by atoms with E-state index in [9.17, 15) is 10.1 Å².